The Morgan fingerprint density at radius 3 is 2.75 bits per heavy atom. The highest BCUT2D eigenvalue weighted by Crippen LogP contribution is 2.26. The summed E-state index contributed by atoms with van der Waals surface area (Å²) in [6.45, 7) is 1.92. The highest BCUT2D eigenvalue weighted by Gasteiger charge is 2.28. The molecule has 0 amide bonds. The van der Waals surface area contributed by atoms with Crippen molar-refractivity contribution in [3.05, 3.63) is 29.8 Å². The quantitative estimate of drug-likeness (QED) is 0.898. The second-order valence-electron chi connectivity index (χ2n) is 4.62. The van der Waals surface area contributed by atoms with Gasteiger partial charge in [-0.2, -0.15) is 4.98 Å². The van der Waals surface area contributed by atoms with Gasteiger partial charge in [-0.05, 0) is 19.1 Å². The monoisotopic (exact) mass is 281 g/mol. The van der Waals surface area contributed by atoms with Crippen LogP contribution in [-0.4, -0.2) is 31.0 Å². The van der Waals surface area contributed by atoms with Crippen LogP contribution in [0.2, 0.25) is 0 Å². The molecule has 1 unspecified atom stereocenters. The van der Waals surface area contributed by atoms with Gasteiger partial charge in [-0.1, -0.05) is 5.16 Å². The first-order valence-corrected chi connectivity index (χ1v) is 5.94. The van der Waals surface area contributed by atoms with Gasteiger partial charge in [0.05, 0.1) is 19.3 Å². The Balaban J connectivity index is 2.33. The van der Waals surface area contributed by atoms with Crippen LogP contribution in [0.5, 0.6) is 5.75 Å². The fraction of sp³-hybridized carbons (Fsp3) is 0.385. The maximum Gasteiger partial charge on any atom is 0.260 e. The lowest BCUT2D eigenvalue weighted by atomic mass is 10.1. The normalized spacial score (nSPS) is 14.1. The van der Waals surface area contributed by atoms with Crippen LogP contribution < -0.4 is 10.5 Å². The van der Waals surface area contributed by atoms with E-state index in [9.17, 15) is 4.39 Å². The average molecular weight is 281 g/mol. The maximum atomic E-state index is 13.9. The summed E-state index contributed by atoms with van der Waals surface area (Å²) in [4.78, 5) is 4.12. The zero-order valence-corrected chi connectivity index (χ0v) is 11.5. The van der Waals surface area contributed by atoms with Crippen molar-refractivity contribution < 1.29 is 18.4 Å². The van der Waals surface area contributed by atoms with Crippen molar-refractivity contribution in [1.82, 2.24) is 10.1 Å². The van der Waals surface area contributed by atoms with E-state index in [1.165, 1.54) is 26.4 Å². The zero-order valence-electron chi connectivity index (χ0n) is 11.5. The molecular weight excluding hydrogens is 265 g/mol. The number of aromatic nitrogens is 2. The third-order valence-corrected chi connectivity index (χ3v) is 2.79. The van der Waals surface area contributed by atoms with Gasteiger partial charge in [0.2, 0.25) is 0 Å². The summed E-state index contributed by atoms with van der Waals surface area (Å²) in [7, 11) is 2.99. The minimum atomic E-state index is -0.903. The molecule has 0 spiro atoms. The van der Waals surface area contributed by atoms with Crippen LogP contribution in [0.4, 0.5) is 4.39 Å². The molecule has 0 aliphatic heterocycles. The fourth-order valence-corrected chi connectivity index (χ4v) is 1.73. The molecule has 1 aromatic heterocycles. The highest BCUT2D eigenvalue weighted by molar-refractivity contribution is 5.55. The van der Waals surface area contributed by atoms with Crippen molar-refractivity contribution in [2.24, 2.45) is 5.73 Å². The van der Waals surface area contributed by atoms with Crippen LogP contribution in [0, 0.1) is 5.82 Å². The Labute approximate surface area is 115 Å². The smallest absolute Gasteiger partial charge is 0.260 e. The number of halogens is 1. The summed E-state index contributed by atoms with van der Waals surface area (Å²) in [5.41, 5.74) is 5.29. The molecular formula is C13H16FN3O3. The zero-order chi connectivity index (χ0) is 14.8. The van der Waals surface area contributed by atoms with Crippen molar-refractivity contribution in [3.8, 4) is 17.2 Å². The number of hydrogen-bond acceptors (Lipinski definition) is 6. The van der Waals surface area contributed by atoms with Crippen LogP contribution in [0.25, 0.3) is 11.5 Å². The van der Waals surface area contributed by atoms with Crippen molar-refractivity contribution in [1.29, 1.82) is 0 Å². The summed E-state index contributed by atoms with van der Waals surface area (Å²) in [5.74, 6) is 0.219. The van der Waals surface area contributed by atoms with E-state index in [2.05, 4.69) is 10.1 Å². The lowest BCUT2D eigenvalue weighted by Gasteiger charge is -2.18. The van der Waals surface area contributed by atoms with Crippen LogP contribution in [0.3, 0.4) is 0 Å². The summed E-state index contributed by atoms with van der Waals surface area (Å²) in [5, 5.41) is 3.78. The molecule has 0 fully saturated rings. The third-order valence-electron chi connectivity index (χ3n) is 2.79. The predicted octanol–water partition coefficient (Wildman–Crippen LogP) is 1.70. The second-order valence-corrected chi connectivity index (χ2v) is 4.62. The van der Waals surface area contributed by atoms with E-state index in [1.54, 1.807) is 13.0 Å². The number of methoxy groups -OCH3 is 2. The molecule has 0 saturated carbocycles. The molecule has 0 aliphatic rings. The molecule has 0 saturated heterocycles. The number of benzene rings is 1. The Morgan fingerprint density at radius 1 is 1.40 bits per heavy atom. The van der Waals surface area contributed by atoms with Crippen LogP contribution in [0.1, 0.15) is 12.7 Å². The van der Waals surface area contributed by atoms with Crippen molar-refractivity contribution in [2.45, 2.75) is 12.5 Å². The maximum absolute atomic E-state index is 13.9. The number of rotatable bonds is 5. The molecule has 1 aromatic carbocycles. The molecule has 0 aliphatic carbocycles. The Hall–Kier alpha value is -1.99. The van der Waals surface area contributed by atoms with E-state index in [4.69, 9.17) is 19.7 Å². The Kier molecular flexibility index (Phi) is 4.01. The summed E-state index contributed by atoms with van der Waals surface area (Å²) >= 11 is 0. The van der Waals surface area contributed by atoms with Gasteiger partial charge in [-0.25, -0.2) is 4.39 Å². The lowest BCUT2D eigenvalue weighted by molar-refractivity contribution is 0.135. The minimum Gasteiger partial charge on any atom is -0.497 e. The van der Waals surface area contributed by atoms with E-state index in [0.717, 1.165) is 0 Å². The van der Waals surface area contributed by atoms with Crippen molar-refractivity contribution in [3.63, 3.8) is 0 Å². The van der Waals surface area contributed by atoms with Gasteiger partial charge >= 0.3 is 0 Å². The van der Waals surface area contributed by atoms with Gasteiger partial charge < -0.3 is 19.7 Å². The standard InChI is InChI=1S/C13H16FN3O3/c1-13(15,7-18-2)12-16-11(20-17-12)9-5-4-8(19-3)6-10(9)14/h4-6H,7,15H2,1-3H3. The second kappa shape index (κ2) is 5.56. The predicted molar refractivity (Wildman–Crippen MR) is 69.7 cm³/mol. The van der Waals surface area contributed by atoms with Gasteiger partial charge in [0, 0.05) is 13.2 Å². The number of ether oxygens (including phenoxy) is 2. The van der Waals surface area contributed by atoms with E-state index < -0.39 is 11.4 Å². The molecule has 2 N–H and O–H groups in total. The van der Waals surface area contributed by atoms with E-state index in [-0.39, 0.29) is 23.9 Å². The molecule has 1 heterocycles. The molecule has 6 nitrogen and oxygen atoms in total. The van der Waals surface area contributed by atoms with Gasteiger partial charge in [-0.3, -0.25) is 0 Å². The fourth-order valence-electron chi connectivity index (χ4n) is 1.73. The molecule has 0 radical (unpaired) electrons. The van der Waals surface area contributed by atoms with Gasteiger partial charge in [-0.15, -0.1) is 0 Å². The van der Waals surface area contributed by atoms with E-state index in [0.29, 0.717) is 5.75 Å². The molecule has 1 atom stereocenters. The molecule has 20 heavy (non-hydrogen) atoms. The molecule has 7 heteroatoms. The first-order valence-electron chi connectivity index (χ1n) is 5.94. The summed E-state index contributed by atoms with van der Waals surface area (Å²) in [6.07, 6.45) is 0. The lowest BCUT2D eigenvalue weighted by Crippen LogP contribution is -2.38. The molecule has 2 aromatic rings. The topological polar surface area (TPSA) is 83.4 Å². The van der Waals surface area contributed by atoms with E-state index in [1.807, 2.05) is 0 Å². The third kappa shape index (κ3) is 2.78. The van der Waals surface area contributed by atoms with Crippen LogP contribution in [-0.2, 0) is 10.3 Å². The Morgan fingerprint density at radius 2 is 2.15 bits per heavy atom. The van der Waals surface area contributed by atoms with Gasteiger partial charge in [0.15, 0.2) is 5.82 Å². The molecule has 0 bridgehead atoms. The van der Waals surface area contributed by atoms with Crippen molar-refractivity contribution >= 4 is 0 Å². The summed E-state index contributed by atoms with van der Waals surface area (Å²) < 4.78 is 28.9. The molecule has 2 rings (SSSR count). The SMILES string of the molecule is COCC(C)(N)c1noc(-c2ccc(OC)cc2F)n1. The number of nitrogens with two attached hydrogens (primary N) is 1. The largest absolute Gasteiger partial charge is 0.497 e. The first kappa shape index (κ1) is 14.4. The van der Waals surface area contributed by atoms with Crippen molar-refractivity contribution in [2.75, 3.05) is 20.8 Å². The molecule has 108 valence electrons. The van der Waals surface area contributed by atoms with E-state index >= 15 is 0 Å². The van der Waals surface area contributed by atoms with Crippen LogP contribution in [0.15, 0.2) is 22.7 Å². The minimum absolute atomic E-state index is 0.0629. The van der Waals surface area contributed by atoms with Crippen LogP contribution >= 0.6 is 0 Å². The van der Waals surface area contributed by atoms with Gasteiger partial charge in [0.25, 0.3) is 5.89 Å². The number of nitrogens with zero attached hydrogens (tertiary/aromatic N) is 2. The van der Waals surface area contributed by atoms with Gasteiger partial charge in [0.1, 0.15) is 17.1 Å². The Bertz CT molecular complexity index is 598. The number of hydrogen-bond donors (Lipinski definition) is 1. The highest BCUT2D eigenvalue weighted by atomic mass is 19.1. The summed E-state index contributed by atoms with van der Waals surface area (Å²) in [6, 6.07) is 4.37. The first-order chi connectivity index (χ1) is 9.47. The average Bonchev–Trinajstić information content (AvgIpc) is 2.88.